The lowest BCUT2D eigenvalue weighted by Crippen LogP contribution is -2.50. The van der Waals surface area contributed by atoms with Crippen LogP contribution >= 0.6 is 0 Å². The van der Waals surface area contributed by atoms with Gasteiger partial charge in [0.1, 0.15) is 5.82 Å². The number of amides is 4. The van der Waals surface area contributed by atoms with Gasteiger partial charge in [0.25, 0.3) is 0 Å². The Kier molecular flexibility index (Phi) is 7.19. The summed E-state index contributed by atoms with van der Waals surface area (Å²) in [5.41, 5.74) is 0.502. The molecule has 26 heavy (non-hydrogen) atoms. The number of carboxylic acid groups (broad SMARTS) is 1. The number of carbonyl (C=O) groups excluding carboxylic acids is 2. The van der Waals surface area contributed by atoms with Crippen molar-refractivity contribution in [3.05, 3.63) is 30.1 Å². The van der Waals surface area contributed by atoms with Crippen LogP contribution in [0.2, 0.25) is 0 Å². The number of nitrogens with one attached hydrogen (secondary N) is 3. The predicted molar refractivity (Wildman–Crippen MR) is 93.4 cm³/mol. The summed E-state index contributed by atoms with van der Waals surface area (Å²) >= 11 is 0. The van der Waals surface area contributed by atoms with Gasteiger partial charge in [-0.05, 0) is 43.5 Å². The summed E-state index contributed by atoms with van der Waals surface area (Å²) in [6.45, 7) is 1.34. The number of urea groups is 2. The Hall–Kier alpha value is -2.84. The number of benzene rings is 1. The minimum absolute atomic E-state index is 0.0233. The van der Waals surface area contributed by atoms with Crippen molar-refractivity contribution in [2.45, 2.75) is 31.7 Å². The van der Waals surface area contributed by atoms with Gasteiger partial charge in [-0.3, -0.25) is 4.79 Å². The van der Waals surface area contributed by atoms with Crippen molar-refractivity contribution in [1.82, 2.24) is 15.5 Å². The highest BCUT2D eigenvalue weighted by atomic mass is 19.1. The molecule has 1 saturated heterocycles. The number of carboxylic acids is 1. The van der Waals surface area contributed by atoms with Gasteiger partial charge in [-0.25, -0.2) is 14.0 Å². The number of hydrogen-bond acceptors (Lipinski definition) is 3. The van der Waals surface area contributed by atoms with Crippen LogP contribution < -0.4 is 16.0 Å². The van der Waals surface area contributed by atoms with E-state index in [2.05, 4.69) is 16.0 Å². The van der Waals surface area contributed by atoms with Crippen molar-refractivity contribution in [3.8, 4) is 0 Å². The number of likely N-dealkylation sites (tertiary alicyclic amines) is 1. The monoisotopic (exact) mass is 366 g/mol. The van der Waals surface area contributed by atoms with E-state index in [1.807, 2.05) is 0 Å². The third-order valence-electron chi connectivity index (χ3n) is 4.06. The summed E-state index contributed by atoms with van der Waals surface area (Å²) in [4.78, 5) is 36.0. The lowest BCUT2D eigenvalue weighted by molar-refractivity contribution is -0.137. The zero-order chi connectivity index (χ0) is 18.9. The number of anilines is 1. The molecule has 0 saturated carbocycles. The van der Waals surface area contributed by atoms with E-state index in [0.717, 1.165) is 0 Å². The zero-order valence-electron chi connectivity index (χ0n) is 14.3. The van der Waals surface area contributed by atoms with Gasteiger partial charge in [-0.1, -0.05) is 0 Å². The summed E-state index contributed by atoms with van der Waals surface area (Å²) in [6.07, 6.45) is 1.66. The van der Waals surface area contributed by atoms with Gasteiger partial charge < -0.3 is 26.0 Å². The maximum atomic E-state index is 12.8. The molecular formula is C17H23FN4O4. The molecule has 1 heterocycles. The third kappa shape index (κ3) is 6.58. The molecule has 0 spiro atoms. The largest absolute Gasteiger partial charge is 0.481 e. The Morgan fingerprint density at radius 2 is 1.81 bits per heavy atom. The summed E-state index contributed by atoms with van der Waals surface area (Å²) in [6, 6.07) is 4.86. The van der Waals surface area contributed by atoms with Gasteiger partial charge in [-0.15, -0.1) is 0 Å². The molecule has 1 fully saturated rings. The van der Waals surface area contributed by atoms with Crippen LogP contribution in [-0.4, -0.2) is 53.7 Å². The SMILES string of the molecule is O=C(O)CCCNC(=O)N1CCC(NC(=O)Nc2ccc(F)cc2)CC1. The molecule has 1 aliphatic rings. The van der Waals surface area contributed by atoms with Crippen LogP contribution in [0.5, 0.6) is 0 Å². The van der Waals surface area contributed by atoms with E-state index in [-0.39, 0.29) is 30.3 Å². The van der Waals surface area contributed by atoms with Crippen LogP contribution in [0.1, 0.15) is 25.7 Å². The van der Waals surface area contributed by atoms with Crippen LogP contribution in [-0.2, 0) is 4.79 Å². The number of piperidine rings is 1. The normalized spacial score (nSPS) is 14.6. The van der Waals surface area contributed by atoms with Gasteiger partial charge in [0.15, 0.2) is 0 Å². The molecular weight excluding hydrogens is 343 g/mol. The molecule has 8 nitrogen and oxygen atoms in total. The molecule has 142 valence electrons. The highest BCUT2D eigenvalue weighted by Crippen LogP contribution is 2.12. The predicted octanol–water partition coefficient (Wildman–Crippen LogP) is 1.99. The van der Waals surface area contributed by atoms with E-state index in [1.54, 1.807) is 4.90 Å². The molecule has 4 N–H and O–H groups in total. The van der Waals surface area contributed by atoms with Crippen LogP contribution in [0, 0.1) is 5.82 Å². The van der Waals surface area contributed by atoms with Crippen LogP contribution in [0.4, 0.5) is 19.7 Å². The number of hydrogen-bond donors (Lipinski definition) is 4. The Labute approximate surface area is 150 Å². The average molecular weight is 366 g/mol. The fraction of sp³-hybridized carbons (Fsp3) is 0.471. The van der Waals surface area contributed by atoms with E-state index < -0.39 is 5.97 Å². The molecule has 0 bridgehead atoms. The second-order valence-corrected chi connectivity index (χ2v) is 6.10. The molecule has 0 unspecified atom stereocenters. The molecule has 0 atom stereocenters. The van der Waals surface area contributed by atoms with Crippen molar-refractivity contribution in [2.75, 3.05) is 25.0 Å². The Morgan fingerprint density at radius 1 is 1.15 bits per heavy atom. The molecule has 0 aromatic heterocycles. The molecule has 4 amide bonds. The van der Waals surface area contributed by atoms with Crippen LogP contribution in [0.3, 0.4) is 0 Å². The molecule has 0 aliphatic carbocycles. The third-order valence-corrected chi connectivity index (χ3v) is 4.06. The number of carbonyl (C=O) groups is 3. The van der Waals surface area contributed by atoms with Crippen molar-refractivity contribution in [3.63, 3.8) is 0 Å². The molecule has 1 aromatic rings. The summed E-state index contributed by atoms with van der Waals surface area (Å²) < 4.78 is 12.8. The molecule has 2 rings (SSSR count). The molecule has 0 radical (unpaired) electrons. The van der Waals surface area contributed by atoms with E-state index >= 15 is 0 Å². The summed E-state index contributed by atoms with van der Waals surface area (Å²) in [7, 11) is 0. The van der Waals surface area contributed by atoms with Crippen molar-refractivity contribution < 1.29 is 23.9 Å². The highest BCUT2D eigenvalue weighted by molar-refractivity contribution is 5.89. The quantitative estimate of drug-likeness (QED) is 0.577. The first-order chi connectivity index (χ1) is 12.4. The molecule has 1 aromatic carbocycles. The van der Waals surface area contributed by atoms with Crippen molar-refractivity contribution in [2.24, 2.45) is 0 Å². The smallest absolute Gasteiger partial charge is 0.319 e. The first-order valence-electron chi connectivity index (χ1n) is 8.51. The van der Waals surface area contributed by atoms with E-state index in [9.17, 15) is 18.8 Å². The van der Waals surface area contributed by atoms with Crippen molar-refractivity contribution >= 4 is 23.7 Å². The average Bonchev–Trinajstić information content (AvgIpc) is 2.61. The van der Waals surface area contributed by atoms with Gasteiger partial charge in [0.2, 0.25) is 0 Å². The first-order valence-corrected chi connectivity index (χ1v) is 8.51. The number of aliphatic carboxylic acids is 1. The summed E-state index contributed by atoms with van der Waals surface area (Å²) in [5.74, 6) is -1.25. The van der Waals surface area contributed by atoms with Gasteiger partial charge in [-0.2, -0.15) is 0 Å². The first kappa shape index (κ1) is 19.5. The minimum atomic E-state index is -0.884. The Bertz CT molecular complexity index is 630. The van der Waals surface area contributed by atoms with Crippen molar-refractivity contribution in [1.29, 1.82) is 0 Å². The van der Waals surface area contributed by atoms with E-state index in [4.69, 9.17) is 5.11 Å². The lowest BCUT2D eigenvalue weighted by Gasteiger charge is -2.32. The Morgan fingerprint density at radius 3 is 2.42 bits per heavy atom. The second kappa shape index (κ2) is 9.59. The van der Waals surface area contributed by atoms with Crippen LogP contribution in [0.15, 0.2) is 24.3 Å². The number of halogens is 1. The standard InChI is InChI=1S/C17H23FN4O4/c18-12-3-5-13(6-4-12)20-16(25)21-14-7-10-22(11-8-14)17(26)19-9-1-2-15(23)24/h3-6,14H,1-2,7-11H2,(H,19,26)(H,23,24)(H2,20,21,25). The molecule has 9 heteroatoms. The fourth-order valence-corrected chi connectivity index (χ4v) is 2.66. The lowest BCUT2D eigenvalue weighted by atomic mass is 10.1. The highest BCUT2D eigenvalue weighted by Gasteiger charge is 2.23. The number of nitrogens with zero attached hydrogens (tertiary/aromatic N) is 1. The summed E-state index contributed by atoms with van der Waals surface area (Å²) in [5, 5.41) is 16.7. The minimum Gasteiger partial charge on any atom is -0.481 e. The van der Waals surface area contributed by atoms with Crippen LogP contribution in [0.25, 0.3) is 0 Å². The van der Waals surface area contributed by atoms with Gasteiger partial charge in [0.05, 0.1) is 0 Å². The van der Waals surface area contributed by atoms with E-state index in [0.29, 0.717) is 44.6 Å². The topological polar surface area (TPSA) is 111 Å². The zero-order valence-corrected chi connectivity index (χ0v) is 14.3. The van der Waals surface area contributed by atoms with E-state index in [1.165, 1.54) is 24.3 Å². The maximum absolute atomic E-state index is 12.8. The molecule has 1 aliphatic heterocycles. The van der Waals surface area contributed by atoms with Gasteiger partial charge >= 0.3 is 18.0 Å². The van der Waals surface area contributed by atoms with Gasteiger partial charge in [0, 0.05) is 37.8 Å². The second-order valence-electron chi connectivity index (χ2n) is 6.10. The Balaban J connectivity index is 1.66. The fourth-order valence-electron chi connectivity index (χ4n) is 2.66. The maximum Gasteiger partial charge on any atom is 0.319 e. The number of rotatable bonds is 6.